The van der Waals surface area contributed by atoms with E-state index in [4.69, 9.17) is 0 Å². The molecule has 0 unspecified atom stereocenters. The van der Waals surface area contributed by atoms with E-state index in [-0.39, 0.29) is 5.91 Å². The van der Waals surface area contributed by atoms with Gasteiger partial charge in [0.25, 0.3) is 5.91 Å². The van der Waals surface area contributed by atoms with E-state index in [2.05, 4.69) is 29.9 Å². The molecule has 3 rings (SSSR count). The highest BCUT2D eigenvalue weighted by Crippen LogP contribution is 2.18. The molecule has 24 heavy (non-hydrogen) atoms. The van der Waals surface area contributed by atoms with E-state index < -0.39 is 0 Å². The minimum Gasteiger partial charge on any atom is -0.345 e. The number of amides is 1. The number of nitrogens with zero attached hydrogens (tertiary/aromatic N) is 2. The van der Waals surface area contributed by atoms with Gasteiger partial charge in [0.15, 0.2) is 5.13 Å². The van der Waals surface area contributed by atoms with Gasteiger partial charge in [0, 0.05) is 23.1 Å². The zero-order valence-electron chi connectivity index (χ0n) is 12.9. The number of nitrogens with one attached hydrogen (secondary N) is 4. The number of carbonyl (C=O) groups excluding carboxylic acids is 1. The highest BCUT2D eigenvalue weighted by atomic mass is 32.2. The molecule has 1 aromatic carbocycles. The molecule has 0 bridgehead atoms. The lowest BCUT2D eigenvalue weighted by atomic mass is 10.1. The van der Waals surface area contributed by atoms with E-state index in [1.54, 1.807) is 12.4 Å². The maximum Gasteiger partial charge on any atom is 0.271 e. The van der Waals surface area contributed by atoms with Crippen LogP contribution < -0.4 is 14.8 Å². The van der Waals surface area contributed by atoms with Crippen LogP contribution in [-0.4, -0.2) is 28.1 Å². The number of aromatic amines is 1. The highest BCUT2D eigenvalue weighted by Gasteiger charge is 2.11. The van der Waals surface area contributed by atoms with Crippen LogP contribution >= 0.6 is 23.5 Å². The summed E-state index contributed by atoms with van der Waals surface area (Å²) >= 11 is 2.68. The first kappa shape index (κ1) is 16.5. The predicted molar refractivity (Wildman–Crippen MR) is 97.6 cm³/mol. The van der Waals surface area contributed by atoms with Crippen molar-refractivity contribution < 1.29 is 4.79 Å². The second kappa shape index (κ2) is 7.95. The van der Waals surface area contributed by atoms with Crippen molar-refractivity contribution in [2.75, 3.05) is 11.8 Å². The highest BCUT2D eigenvalue weighted by molar-refractivity contribution is 7.98. The average Bonchev–Trinajstić information content (AvgIpc) is 3.28. The van der Waals surface area contributed by atoms with Crippen molar-refractivity contribution >= 4 is 34.5 Å². The van der Waals surface area contributed by atoms with Crippen molar-refractivity contribution in [3.05, 3.63) is 53.2 Å². The Morgan fingerprint density at radius 3 is 2.96 bits per heavy atom. The Kier molecular flexibility index (Phi) is 5.47. The van der Waals surface area contributed by atoms with Gasteiger partial charge in [-0.25, -0.2) is 9.71 Å². The van der Waals surface area contributed by atoms with Gasteiger partial charge in [-0.2, -0.15) is 5.10 Å². The van der Waals surface area contributed by atoms with Crippen LogP contribution in [0.3, 0.4) is 0 Å². The van der Waals surface area contributed by atoms with E-state index >= 15 is 0 Å². The zero-order valence-corrected chi connectivity index (χ0v) is 14.5. The third-order valence-corrected chi connectivity index (χ3v) is 4.50. The minimum atomic E-state index is -0.218. The van der Waals surface area contributed by atoms with Crippen LogP contribution in [0.25, 0.3) is 11.3 Å². The van der Waals surface area contributed by atoms with Gasteiger partial charge in [-0.1, -0.05) is 30.3 Å². The Morgan fingerprint density at radius 2 is 2.17 bits per heavy atom. The summed E-state index contributed by atoms with van der Waals surface area (Å²) in [5.74, 6) is -0.218. The molecule has 0 saturated carbocycles. The van der Waals surface area contributed by atoms with Gasteiger partial charge in [0.2, 0.25) is 0 Å². The molecule has 0 aliphatic heterocycles. The molecule has 1 amide bonds. The summed E-state index contributed by atoms with van der Waals surface area (Å²) in [5, 5.41) is 12.4. The van der Waals surface area contributed by atoms with Crippen molar-refractivity contribution in [1.29, 1.82) is 0 Å². The van der Waals surface area contributed by atoms with Crippen LogP contribution in [0.1, 0.15) is 16.2 Å². The number of hydrogen-bond donors (Lipinski definition) is 4. The van der Waals surface area contributed by atoms with Gasteiger partial charge >= 0.3 is 0 Å². The van der Waals surface area contributed by atoms with Gasteiger partial charge < -0.3 is 5.32 Å². The fourth-order valence-electron chi connectivity index (χ4n) is 1.99. The third kappa shape index (κ3) is 4.13. The van der Waals surface area contributed by atoms with Gasteiger partial charge in [-0.05, 0) is 13.1 Å². The summed E-state index contributed by atoms with van der Waals surface area (Å²) in [5.41, 5.74) is 3.11. The minimum absolute atomic E-state index is 0.218. The molecule has 2 heterocycles. The van der Waals surface area contributed by atoms with E-state index in [0.717, 1.165) is 17.0 Å². The SMILES string of the molecule is CNSNc1nc(C(=O)NCc2cc(-c3ccccc3)n[nH]2)cs1. The molecule has 0 radical (unpaired) electrons. The summed E-state index contributed by atoms with van der Waals surface area (Å²) in [6.07, 6.45) is 0. The van der Waals surface area contributed by atoms with E-state index in [9.17, 15) is 4.79 Å². The first-order valence-electron chi connectivity index (χ1n) is 7.18. The molecule has 2 aromatic heterocycles. The van der Waals surface area contributed by atoms with Crippen molar-refractivity contribution in [2.45, 2.75) is 6.54 Å². The lowest BCUT2D eigenvalue weighted by molar-refractivity contribution is 0.0946. The largest absolute Gasteiger partial charge is 0.345 e. The van der Waals surface area contributed by atoms with E-state index in [1.165, 1.54) is 23.5 Å². The summed E-state index contributed by atoms with van der Waals surface area (Å²) in [6, 6.07) is 11.8. The molecule has 0 aliphatic rings. The molecule has 4 N–H and O–H groups in total. The second-order valence-corrected chi connectivity index (χ2v) is 6.45. The van der Waals surface area contributed by atoms with Gasteiger partial charge in [-0.3, -0.25) is 14.6 Å². The molecule has 0 aliphatic carbocycles. The van der Waals surface area contributed by atoms with E-state index in [0.29, 0.717) is 17.4 Å². The van der Waals surface area contributed by atoms with Gasteiger partial charge in [-0.15, -0.1) is 11.3 Å². The predicted octanol–water partition coefficient (Wildman–Crippen LogP) is 2.66. The molecular formula is C15H16N6OS2. The number of thiazole rings is 1. The molecule has 0 saturated heterocycles. The lowest BCUT2D eigenvalue weighted by Crippen LogP contribution is -2.23. The topological polar surface area (TPSA) is 94.7 Å². The Morgan fingerprint density at radius 1 is 1.33 bits per heavy atom. The standard InChI is InChI=1S/C15H16N6OS2/c1-16-24-21-15-18-13(9-23-15)14(22)17-8-11-7-12(20-19-11)10-5-3-2-4-6-10/h2-7,9,16H,8H2,1H3,(H,17,22)(H,18,21)(H,19,20). The normalized spacial score (nSPS) is 10.5. The van der Waals surface area contributed by atoms with Crippen LogP contribution in [0.15, 0.2) is 41.8 Å². The van der Waals surface area contributed by atoms with Crippen LogP contribution in [0.5, 0.6) is 0 Å². The summed E-state index contributed by atoms with van der Waals surface area (Å²) in [4.78, 5) is 16.4. The van der Waals surface area contributed by atoms with E-state index in [1.807, 2.05) is 36.4 Å². The molecule has 124 valence electrons. The fourth-order valence-corrected chi connectivity index (χ4v) is 3.08. The zero-order chi connectivity index (χ0) is 16.8. The Hall–Kier alpha value is -2.36. The number of anilines is 1. The number of benzene rings is 1. The number of carbonyl (C=O) groups is 1. The Labute approximate surface area is 147 Å². The molecule has 0 atom stereocenters. The summed E-state index contributed by atoms with van der Waals surface area (Å²) in [7, 11) is 1.80. The quantitative estimate of drug-likeness (QED) is 0.484. The Bertz CT molecular complexity index is 801. The first-order chi connectivity index (χ1) is 11.8. The number of aromatic nitrogens is 3. The molecule has 7 nitrogen and oxygen atoms in total. The summed E-state index contributed by atoms with van der Waals surface area (Å²) in [6.45, 7) is 0.365. The van der Waals surface area contributed by atoms with Gasteiger partial charge in [0.05, 0.1) is 17.9 Å². The monoisotopic (exact) mass is 360 g/mol. The maximum absolute atomic E-state index is 12.1. The third-order valence-electron chi connectivity index (χ3n) is 3.12. The van der Waals surface area contributed by atoms with Crippen molar-refractivity contribution in [3.8, 4) is 11.3 Å². The molecule has 9 heteroatoms. The molecular weight excluding hydrogens is 344 g/mol. The lowest BCUT2D eigenvalue weighted by Gasteiger charge is -2.00. The average molecular weight is 360 g/mol. The van der Waals surface area contributed by atoms with Gasteiger partial charge in [0.1, 0.15) is 5.69 Å². The van der Waals surface area contributed by atoms with Crippen molar-refractivity contribution in [1.82, 2.24) is 25.2 Å². The fraction of sp³-hybridized carbons (Fsp3) is 0.133. The number of hydrogen-bond acceptors (Lipinski definition) is 7. The maximum atomic E-state index is 12.1. The van der Waals surface area contributed by atoms with Crippen molar-refractivity contribution in [2.24, 2.45) is 0 Å². The van der Waals surface area contributed by atoms with Crippen LogP contribution in [0, 0.1) is 0 Å². The first-order valence-corrected chi connectivity index (χ1v) is 8.88. The smallest absolute Gasteiger partial charge is 0.271 e. The second-order valence-electron chi connectivity index (χ2n) is 4.77. The van der Waals surface area contributed by atoms with Crippen LogP contribution in [0.4, 0.5) is 5.13 Å². The molecule has 0 spiro atoms. The molecule has 0 fully saturated rings. The van der Waals surface area contributed by atoms with Crippen LogP contribution in [0.2, 0.25) is 0 Å². The van der Waals surface area contributed by atoms with Crippen molar-refractivity contribution in [3.63, 3.8) is 0 Å². The summed E-state index contributed by atoms with van der Waals surface area (Å²) < 4.78 is 5.86. The number of rotatable bonds is 7. The Balaban J connectivity index is 1.57. The molecule has 3 aromatic rings. The van der Waals surface area contributed by atoms with Crippen LogP contribution in [-0.2, 0) is 6.54 Å². The number of H-pyrrole nitrogens is 1.